The molecule has 5 heteroatoms. The van der Waals surface area contributed by atoms with Gasteiger partial charge in [0.2, 0.25) is 0 Å². The largest absolute Gasteiger partial charge is 0.478 e. The average Bonchev–Trinajstić information content (AvgIpc) is 2.34. The van der Waals surface area contributed by atoms with Crippen molar-refractivity contribution in [2.75, 3.05) is 0 Å². The van der Waals surface area contributed by atoms with Gasteiger partial charge in [-0.1, -0.05) is 12.5 Å². The highest BCUT2D eigenvalue weighted by Gasteiger charge is 2.25. The SMILES string of the molecule is CC(NC(=O)c1ncccc1/C=C/C(=O)O)C1CCC1. The zero-order chi connectivity index (χ0) is 14.5. The second-order valence-electron chi connectivity index (χ2n) is 5.07. The van der Waals surface area contributed by atoms with Gasteiger partial charge in [-0.15, -0.1) is 0 Å². The molecule has 2 rings (SSSR count). The van der Waals surface area contributed by atoms with E-state index in [1.165, 1.54) is 18.7 Å². The van der Waals surface area contributed by atoms with Crippen molar-refractivity contribution in [1.29, 1.82) is 0 Å². The number of carbonyl (C=O) groups is 2. The monoisotopic (exact) mass is 274 g/mol. The summed E-state index contributed by atoms with van der Waals surface area (Å²) in [4.78, 5) is 26.8. The van der Waals surface area contributed by atoms with Crippen LogP contribution in [-0.2, 0) is 4.79 Å². The van der Waals surface area contributed by atoms with Crippen LogP contribution < -0.4 is 5.32 Å². The second-order valence-corrected chi connectivity index (χ2v) is 5.07. The first kappa shape index (κ1) is 14.2. The number of rotatable bonds is 5. The van der Waals surface area contributed by atoms with Gasteiger partial charge < -0.3 is 10.4 Å². The maximum absolute atomic E-state index is 12.2. The number of carboxylic acids is 1. The van der Waals surface area contributed by atoms with Crippen molar-refractivity contribution in [3.63, 3.8) is 0 Å². The van der Waals surface area contributed by atoms with Gasteiger partial charge in [0, 0.05) is 23.9 Å². The van der Waals surface area contributed by atoms with E-state index in [9.17, 15) is 9.59 Å². The van der Waals surface area contributed by atoms with Crippen molar-refractivity contribution in [3.05, 3.63) is 35.7 Å². The number of hydrogen-bond donors (Lipinski definition) is 2. The van der Waals surface area contributed by atoms with Gasteiger partial charge >= 0.3 is 5.97 Å². The number of carboxylic acid groups (broad SMARTS) is 1. The lowest BCUT2D eigenvalue weighted by molar-refractivity contribution is -0.131. The summed E-state index contributed by atoms with van der Waals surface area (Å²) in [6.45, 7) is 2.00. The Morgan fingerprint density at radius 2 is 2.25 bits per heavy atom. The van der Waals surface area contributed by atoms with E-state index >= 15 is 0 Å². The summed E-state index contributed by atoms with van der Waals surface area (Å²) in [6.07, 6.45) is 7.44. The van der Waals surface area contributed by atoms with E-state index < -0.39 is 5.97 Å². The molecule has 1 aromatic heterocycles. The molecule has 0 aromatic carbocycles. The zero-order valence-electron chi connectivity index (χ0n) is 11.4. The minimum absolute atomic E-state index is 0.120. The molecule has 5 nitrogen and oxygen atoms in total. The molecular formula is C15H18N2O3. The normalized spacial score (nSPS) is 16.6. The number of nitrogens with one attached hydrogen (secondary N) is 1. The van der Waals surface area contributed by atoms with Crippen LogP contribution in [0, 0.1) is 5.92 Å². The van der Waals surface area contributed by atoms with E-state index in [0.717, 1.165) is 18.9 Å². The van der Waals surface area contributed by atoms with Crippen LogP contribution >= 0.6 is 0 Å². The van der Waals surface area contributed by atoms with Gasteiger partial charge in [-0.3, -0.25) is 9.78 Å². The van der Waals surface area contributed by atoms with Gasteiger partial charge in [-0.05, 0) is 37.8 Å². The maximum atomic E-state index is 12.2. The van der Waals surface area contributed by atoms with Crippen LogP contribution in [0.5, 0.6) is 0 Å². The predicted molar refractivity (Wildman–Crippen MR) is 75.2 cm³/mol. The molecule has 0 radical (unpaired) electrons. The van der Waals surface area contributed by atoms with Crippen molar-refractivity contribution in [2.45, 2.75) is 32.2 Å². The molecule has 0 spiro atoms. The molecule has 1 aromatic rings. The molecule has 1 amide bonds. The van der Waals surface area contributed by atoms with Crippen LogP contribution in [0.3, 0.4) is 0 Å². The molecule has 1 heterocycles. The summed E-state index contributed by atoms with van der Waals surface area (Å²) < 4.78 is 0. The Balaban J connectivity index is 2.10. The van der Waals surface area contributed by atoms with Crippen molar-refractivity contribution in [1.82, 2.24) is 10.3 Å². The maximum Gasteiger partial charge on any atom is 0.328 e. The van der Waals surface area contributed by atoms with E-state index in [-0.39, 0.29) is 17.6 Å². The first-order valence-corrected chi connectivity index (χ1v) is 6.75. The molecule has 0 aliphatic heterocycles. The van der Waals surface area contributed by atoms with E-state index in [4.69, 9.17) is 5.11 Å². The summed E-state index contributed by atoms with van der Waals surface area (Å²) >= 11 is 0. The smallest absolute Gasteiger partial charge is 0.328 e. The number of amides is 1. The molecule has 2 N–H and O–H groups in total. The van der Waals surface area contributed by atoms with Gasteiger partial charge in [0.15, 0.2) is 0 Å². The lowest BCUT2D eigenvalue weighted by Crippen LogP contribution is -2.41. The topological polar surface area (TPSA) is 79.3 Å². The summed E-state index contributed by atoms with van der Waals surface area (Å²) in [5.74, 6) is -0.765. The van der Waals surface area contributed by atoms with E-state index in [1.54, 1.807) is 12.1 Å². The molecule has 1 atom stereocenters. The van der Waals surface area contributed by atoms with Crippen molar-refractivity contribution in [2.24, 2.45) is 5.92 Å². The number of nitrogens with zero attached hydrogens (tertiary/aromatic N) is 1. The van der Waals surface area contributed by atoms with Gasteiger partial charge in [-0.2, -0.15) is 0 Å². The Kier molecular flexibility index (Phi) is 4.50. The Hall–Kier alpha value is -2.17. The Morgan fingerprint density at radius 3 is 2.85 bits per heavy atom. The van der Waals surface area contributed by atoms with E-state index in [2.05, 4.69) is 10.3 Å². The number of carbonyl (C=O) groups excluding carboxylic acids is 1. The molecule has 1 aliphatic carbocycles. The number of aromatic nitrogens is 1. The first-order valence-electron chi connectivity index (χ1n) is 6.75. The van der Waals surface area contributed by atoms with Gasteiger partial charge in [0.1, 0.15) is 5.69 Å². The third kappa shape index (κ3) is 3.44. The van der Waals surface area contributed by atoms with Crippen LogP contribution in [0.4, 0.5) is 0 Å². The zero-order valence-corrected chi connectivity index (χ0v) is 11.4. The average molecular weight is 274 g/mol. The van der Waals surface area contributed by atoms with Gasteiger partial charge in [0.05, 0.1) is 0 Å². The van der Waals surface area contributed by atoms with Crippen LogP contribution in [-0.4, -0.2) is 28.0 Å². The predicted octanol–water partition coefficient (Wildman–Crippen LogP) is 2.10. The highest BCUT2D eigenvalue weighted by Crippen LogP contribution is 2.29. The molecular weight excluding hydrogens is 256 g/mol. The fourth-order valence-electron chi connectivity index (χ4n) is 2.24. The minimum atomic E-state index is -1.05. The molecule has 1 saturated carbocycles. The van der Waals surface area contributed by atoms with Gasteiger partial charge in [-0.25, -0.2) is 4.79 Å². The van der Waals surface area contributed by atoms with Crippen molar-refractivity contribution >= 4 is 18.0 Å². The second kappa shape index (κ2) is 6.32. The molecule has 106 valence electrons. The third-order valence-corrected chi connectivity index (χ3v) is 3.68. The summed E-state index contributed by atoms with van der Waals surface area (Å²) in [6, 6.07) is 3.47. The highest BCUT2D eigenvalue weighted by atomic mass is 16.4. The fourth-order valence-corrected chi connectivity index (χ4v) is 2.24. The minimum Gasteiger partial charge on any atom is -0.478 e. The van der Waals surface area contributed by atoms with Crippen LogP contribution in [0.15, 0.2) is 24.4 Å². The number of hydrogen-bond acceptors (Lipinski definition) is 3. The van der Waals surface area contributed by atoms with E-state index in [0.29, 0.717) is 11.5 Å². The third-order valence-electron chi connectivity index (χ3n) is 3.68. The summed E-state index contributed by atoms with van der Waals surface area (Å²) in [5, 5.41) is 11.6. The molecule has 0 saturated heterocycles. The van der Waals surface area contributed by atoms with Crippen LogP contribution in [0.25, 0.3) is 6.08 Å². The molecule has 1 fully saturated rings. The lowest BCUT2D eigenvalue weighted by Gasteiger charge is -2.31. The Bertz CT molecular complexity index is 536. The van der Waals surface area contributed by atoms with Crippen LogP contribution in [0.2, 0.25) is 0 Å². The van der Waals surface area contributed by atoms with E-state index in [1.807, 2.05) is 6.92 Å². The highest BCUT2D eigenvalue weighted by molar-refractivity contribution is 5.97. The standard InChI is InChI=1S/C15H18N2O3/c1-10(11-4-2-5-11)17-15(20)14-12(6-3-9-16-14)7-8-13(18)19/h3,6-11H,2,4-5H2,1H3,(H,17,20)(H,18,19)/b8-7+. The lowest BCUT2D eigenvalue weighted by atomic mass is 9.80. The molecule has 20 heavy (non-hydrogen) atoms. The Morgan fingerprint density at radius 1 is 1.50 bits per heavy atom. The number of aliphatic carboxylic acids is 1. The fraction of sp³-hybridized carbons (Fsp3) is 0.400. The Labute approximate surface area is 117 Å². The van der Waals surface area contributed by atoms with Crippen molar-refractivity contribution in [3.8, 4) is 0 Å². The van der Waals surface area contributed by atoms with Gasteiger partial charge in [0.25, 0.3) is 5.91 Å². The molecule has 1 unspecified atom stereocenters. The molecule has 1 aliphatic rings. The molecule has 0 bridgehead atoms. The first-order chi connectivity index (χ1) is 9.58. The van der Waals surface area contributed by atoms with Crippen molar-refractivity contribution < 1.29 is 14.7 Å². The van der Waals surface area contributed by atoms with Crippen LogP contribution in [0.1, 0.15) is 42.2 Å². The quantitative estimate of drug-likeness (QED) is 0.806. The summed E-state index contributed by atoms with van der Waals surface area (Å²) in [7, 11) is 0. The number of pyridine rings is 1. The summed E-state index contributed by atoms with van der Waals surface area (Å²) in [5.41, 5.74) is 0.768.